The fourth-order valence-corrected chi connectivity index (χ4v) is 3.24. The summed E-state index contributed by atoms with van der Waals surface area (Å²) in [6.07, 6.45) is 4.87. The van der Waals surface area contributed by atoms with Crippen LogP contribution >= 0.6 is 0 Å². The highest BCUT2D eigenvalue weighted by atomic mass is 16.5. The molecule has 136 valence electrons. The molecule has 2 heterocycles. The quantitative estimate of drug-likeness (QED) is 0.767. The molecule has 2 aromatic rings. The first-order chi connectivity index (χ1) is 12.7. The summed E-state index contributed by atoms with van der Waals surface area (Å²) in [6, 6.07) is 9.53. The lowest BCUT2D eigenvalue weighted by atomic mass is 10.1. The Hall–Kier alpha value is -2.85. The molecule has 1 aliphatic heterocycles. The molecular formula is C19H24N6O. The number of nitrogen functional groups attached to an aromatic ring is 2. The number of anilines is 2. The number of hydrogen-bond donors (Lipinski definition) is 2. The van der Waals surface area contributed by atoms with Crippen molar-refractivity contribution in [2.75, 3.05) is 37.7 Å². The number of ether oxygens (including phenoxy) is 1. The van der Waals surface area contributed by atoms with E-state index in [2.05, 4.69) is 20.9 Å². The number of nitriles is 1. The summed E-state index contributed by atoms with van der Waals surface area (Å²) in [7, 11) is 0. The third kappa shape index (κ3) is 4.21. The van der Waals surface area contributed by atoms with Crippen molar-refractivity contribution in [3.63, 3.8) is 0 Å². The third-order valence-electron chi connectivity index (χ3n) is 4.53. The normalized spacial score (nSPS) is 14.7. The fraction of sp³-hybridized carbons (Fsp3) is 0.421. The van der Waals surface area contributed by atoms with E-state index >= 15 is 0 Å². The summed E-state index contributed by atoms with van der Waals surface area (Å²) >= 11 is 0. The highest BCUT2D eigenvalue weighted by Crippen LogP contribution is 2.32. The highest BCUT2D eigenvalue weighted by molar-refractivity contribution is 5.77. The second-order valence-corrected chi connectivity index (χ2v) is 6.40. The molecular weight excluding hydrogens is 328 g/mol. The predicted molar refractivity (Wildman–Crippen MR) is 101 cm³/mol. The zero-order valence-electron chi connectivity index (χ0n) is 14.8. The molecule has 7 nitrogen and oxygen atoms in total. The Morgan fingerprint density at radius 3 is 2.65 bits per heavy atom. The molecule has 0 bridgehead atoms. The van der Waals surface area contributed by atoms with E-state index in [4.69, 9.17) is 16.2 Å². The standard InChI is InChI=1S/C19H24N6O/c20-13-15-17(23-19(22)24-18(15)21)14-7-2-3-8-16(14)26-12-6-11-25-9-4-1-5-10-25/h2-3,7-8H,1,4-6,9-12H2,(H4,21,22,23,24). The molecule has 1 fully saturated rings. The van der Waals surface area contributed by atoms with Gasteiger partial charge in [0.2, 0.25) is 5.95 Å². The van der Waals surface area contributed by atoms with E-state index in [-0.39, 0.29) is 17.3 Å². The molecule has 7 heteroatoms. The molecule has 1 aromatic carbocycles. The van der Waals surface area contributed by atoms with Gasteiger partial charge in [-0.25, -0.2) is 4.98 Å². The van der Waals surface area contributed by atoms with Crippen LogP contribution in [0.2, 0.25) is 0 Å². The summed E-state index contributed by atoms with van der Waals surface area (Å²) in [5, 5.41) is 9.40. The van der Waals surface area contributed by atoms with Crippen LogP contribution in [0.4, 0.5) is 11.8 Å². The average Bonchev–Trinajstić information content (AvgIpc) is 2.66. The van der Waals surface area contributed by atoms with Crippen molar-refractivity contribution >= 4 is 11.8 Å². The molecule has 0 unspecified atom stereocenters. The van der Waals surface area contributed by atoms with Gasteiger partial charge < -0.3 is 21.1 Å². The molecule has 0 radical (unpaired) electrons. The number of hydrogen-bond acceptors (Lipinski definition) is 7. The Labute approximate surface area is 153 Å². The first kappa shape index (κ1) is 18.0. The average molecular weight is 352 g/mol. The summed E-state index contributed by atoms with van der Waals surface area (Å²) in [6.45, 7) is 4.01. The first-order valence-corrected chi connectivity index (χ1v) is 8.96. The van der Waals surface area contributed by atoms with Gasteiger partial charge in [0.05, 0.1) is 12.3 Å². The molecule has 0 saturated carbocycles. The Kier molecular flexibility index (Phi) is 5.87. The van der Waals surface area contributed by atoms with Gasteiger partial charge >= 0.3 is 0 Å². The Bertz CT molecular complexity index is 795. The number of likely N-dealkylation sites (tertiary alicyclic amines) is 1. The maximum absolute atomic E-state index is 9.40. The second-order valence-electron chi connectivity index (χ2n) is 6.40. The van der Waals surface area contributed by atoms with Gasteiger partial charge in [-0.3, -0.25) is 0 Å². The predicted octanol–water partition coefficient (Wildman–Crippen LogP) is 2.43. The molecule has 1 aliphatic rings. The molecule has 4 N–H and O–H groups in total. The second kappa shape index (κ2) is 8.50. The lowest BCUT2D eigenvalue weighted by Crippen LogP contribution is -2.31. The van der Waals surface area contributed by atoms with Gasteiger partial charge in [-0.2, -0.15) is 10.2 Å². The summed E-state index contributed by atoms with van der Waals surface area (Å²) in [4.78, 5) is 10.6. The highest BCUT2D eigenvalue weighted by Gasteiger charge is 2.17. The van der Waals surface area contributed by atoms with Crippen LogP contribution in [0.3, 0.4) is 0 Å². The number of rotatable bonds is 6. The van der Waals surface area contributed by atoms with Crippen molar-refractivity contribution in [1.82, 2.24) is 14.9 Å². The molecule has 26 heavy (non-hydrogen) atoms. The minimum atomic E-state index is 0.0383. The van der Waals surface area contributed by atoms with Gasteiger partial charge in [-0.05, 0) is 44.5 Å². The molecule has 1 aromatic heterocycles. The zero-order chi connectivity index (χ0) is 18.4. The van der Waals surface area contributed by atoms with Gasteiger partial charge in [0.15, 0.2) is 0 Å². The zero-order valence-corrected chi connectivity index (χ0v) is 14.8. The van der Waals surface area contributed by atoms with E-state index in [0.29, 0.717) is 23.6 Å². The smallest absolute Gasteiger partial charge is 0.222 e. The summed E-state index contributed by atoms with van der Waals surface area (Å²) in [5.74, 6) is 0.784. The fourth-order valence-electron chi connectivity index (χ4n) is 3.24. The largest absolute Gasteiger partial charge is 0.493 e. The van der Waals surface area contributed by atoms with Crippen molar-refractivity contribution in [2.45, 2.75) is 25.7 Å². The summed E-state index contributed by atoms with van der Waals surface area (Å²) < 4.78 is 5.98. The lowest BCUT2D eigenvalue weighted by Gasteiger charge is -2.26. The van der Waals surface area contributed by atoms with Crippen LogP contribution < -0.4 is 16.2 Å². The molecule has 1 saturated heterocycles. The van der Waals surface area contributed by atoms with E-state index in [0.717, 1.165) is 13.0 Å². The van der Waals surface area contributed by atoms with Crippen LogP contribution in [0.25, 0.3) is 11.3 Å². The number of nitrogens with zero attached hydrogens (tertiary/aromatic N) is 4. The maximum Gasteiger partial charge on any atom is 0.222 e. The Morgan fingerprint density at radius 2 is 1.88 bits per heavy atom. The molecule has 0 amide bonds. The maximum atomic E-state index is 9.40. The van der Waals surface area contributed by atoms with Crippen molar-refractivity contribution in [3.8, 4) is 23.1 Å². The van der Waals surface area contributed by atoms with Gasteiger partial charge in [-0.15, -0.1) is 0 Å². The Balaban J connectivity index is 1.72. The molecule has 0 atom stereocenters. The third-order valence-corrected chi connectivity index (χ3v) is 4.53. The monoisotopic (exact) mass is 352 g/mol. The van der Waals surface area contributed by atoms with E-state index in [1.807, 2.05) is 24.3 Å². The molecule has 0 spiro atoms. The van der Waals surface area contributed by atoms with Gasteiger partial charge in [0.1, 0.15) is 23.2 Å². The number of piperidine rings is 1. The van der Waals surface area contributed by atoms with Crippen LogP contribution in [0, 0.1) is 11.3 Å². The van der Waals surface area contributed by atoms with Gasteiger partial charge in [0, 0.05) is 12.1 Å². The molecule has 3 rings (SSSR count). The lowest BCUT2D eigenvalue weighted by molar-refractivity contribution is 0.205. The topological polar surface area (TPSA) is 114 Å². The number of aromatic nitrogens is 2. The number of para-hydroxylation sites is 1. The van der Waals surface area contributed by atoms with Crippen LogP contribution in [0.15, 0.2) is 24.3 Å². The van der Waals surface area contributed by atoms with Crippen molar-refractivity contribution in [1.29, 1.82) is 5.26 Å². The minimum absolute atomic E-state index is 0.0383. The number of nitrogens with two attached hydrogens (primary N) is 2. The van der Waals surface area contributed by atoms with Crippen molar-refractivity contribution < 1.29 is 4.74 Å². The van der Waals surface area contributed by atoms with Gasteiger partial charge in [0.25, 0.3) is 0 Å². The Morgan fingerprint density at radius 1 is 1.12 bits per heavy atom. The van der Waals surface area contributed by atoms with E-state index in [1.165, 1.54) is 32.4 Å². The van der Waals surface area contributed by atoms with E-state index in [9.17, 15) is 5.26 Å². The minimum Gasteiger partial charge on any atom is -0.493 e. The van der Waals surface area contributed by atoms with Crippen molar-refractivity contribution in [2.24, 2.45) is 0 Å². The number of benzene rings is 1. The first-order valence-electron chi connectivity index (χ1n) is 8.96. The van der Waals surface area contributed by atoms with E-state index < -0.39 is 0 Å². The van der Waals surface area contributed by atoms with Crippen LogP contribution in [0.1, 0.15) is 31.2 Å². The van der Waals surface area contributed by atoms with Crippen molar-refractivity contribution in [3.05, 3.63) is 29.8 Å². The SMILES string of the molecule is N#Cc1c(N)nc(N)nc1-c1ccccc1OCCCN1CCCCC1. The van der Waals surface area contributed by atoms with Gasteiger partial charge in [-0.1, -0.05) is 18.6 Å². The van der Waals surface area contributed by atoms with E-state index in [1.54, 1.807) is 0 Å². The summed E-state index contributed by atoms with van der Waals surface area (Å²) in [5.41, 5.74) is 12.9. The van der Waals surface area contributed by atoms with Crippen LogP contribution in [-0.2, 0) is 0 Å². The van der Waals surface area contributed by atoms with Crippen LogP contribution in [0.5, 0.6) is 5.75 Å². The molecule has 0 aliphatic carbocycles. The van der Waals surface area contributed by atoms with Crippen LogP contribution in [-0.4, -0.2) is 41.1 Å².